The standard InChI is InChI=1S/C17H18N2O2/c1-4-12(3)19-9-14(10-20)17(18-19)16-8-13-6-5-11(2)7-15(13)21-16/h5-10,12H,4H2,1-3H3. The maximum Gasteiger partial charge on any atom is 0.156 e. The van der Waals surface area contributed by atoms with Crippen LogP contribution < -0.4 is 0 Å². The Bertz CT molecular complexity index is 798. The van der Waals surface area contributed by atoms with Gasteiger partial charge < -0.3 is 4.42 Å². The molecular formula is C17H18N2O2. The van der Waals surface area contributed by atoms with E-state index in [0.717, 1.165) is 29.2 Å². The summed E-state index contributed by atoms with van der Waals surface area (Å²) in [6, 6.07) is 8.24. The summed E-state index contributed by atoms with van der Waals surface area (Å²) in [6.07, 6.45) is 3.58. The molecule has 1 atom stereocenters. The van der Waals surface area contributed by atoms with E-state index in [1.807, 2.05) is 35.9 Å². The molecule has 0 saturated carbocycles. The Morgan fingerprint density at radius 2 is 2.19 bits per heavy atom. The number of rotatable bonds is 4. The molecule has 0 spiro atoms. The van der Waals surface area contributed by atoms with E-state index >= 15 is 0 Å². The fourth-order valence-corrected chi connectivity index (χ4v) is 2.35. The predicted octanol–water partition coefficient (Wildman–Crippen LogP) is 4.39. The maximum atomic E-state index is 11.3. The number of benzene rings is 1. The summed E-state index contributed by atoms with van der Waals surface area (Å²) >= 11 is 0. The van der Waals surface area contributed by atoms with Crippen molar-refractivity contribution in [3.05, 3.63) is 41.6 Å². The average molecular weight is 282 g/mol. The lowest BCUT2D eigenvalue weighted by Crippen LogP contribution is -2.03. The minimum absolute atomic E-state index is 0.254. The summed E-state index contributed by atoms with van der Waals surface area (Å²) in [5.74, 6) is 0.639. The number of fused-ring (bicyclic) bond motifs is 1. The second-order valence-corrected chi connectivity index (χ2v) is 5.44. The van der Waals surface area contributed by atoms with Gasteiger partial charge >= 0.3 is 0 Å². The minimum atomic E-state index is 0.254. The number of aromatic nitrogens is 2. The van der Waals surface area contributed by atoms with E-state index in [2.05, 4.69) is 18.9 Å². The normalized spacial score (nSPS) is 12.7. The van der Waals surface area contributed by atoms with Gasteiger partial charge in [0.25, 0.3) is 0 Å². The molecule has 2 aromatic heterocycles. The average Bonchev–Trinajstić information content (AvgIpc) is 3.08. The Hall–Kier alpha value is -2.36. The summed E-state index contributed by atoms with van der Waals surface area (Å²) in [7, 11) is 0. The van der Waals surface area contributed by atoms with Crippen molar-refractivity contribution in [3.63, 3.8) is 0 Å². The van der Waals surface area contributed by atoms with Gasteiger partial charge in [-0.15, -0.1) is 0 Å². The van der Waals surface area contributed by atoms with Gasteiger partial charge in [0.05, 0.1) is 5.56 Å². The molecule has 0 fully saturated rings. The van der Waals surface area contributed by atoms with E-state index in [4.69, 9.17) is 4.42 Å². The molecule has 21 heavy (non-hydrogen) atoms. The van der Waals surface area contributed by atoms with E-state index in [1.54, 1.807) is 6.20 Å². The zero-order valence-electron chi connectivity index (χ0n) is 12.5. The second-order valence-electron chi connectivity index (χ2n) is 5.44. The number of carbonyl (C=O) groups is 1. The van der Waals surface area contributed by atoms with Crippen molar-refractivity contribution in [2.75, 3.05) is 0 Å². The van der Waals surface area contributed by atoms with Crippen LogP contribution in [0.3, 0.4) is 0 Å². The van der Waals surface area contributed by atoms with E-state index < -0.39 is 0 Å². The van der Waals surface area contributed by atoms with Gasteiger partial charge in [-0.25, -0.2) is 0 Å². The van der Waals surface area contributed by atoms with Crippen molar-refractivity contribution in [3.8, 4) is 11.5 Å². The number of aryl methyl sites for hydroxylation is 1. The third-order valence-corrected chi connectivity index (χ3v) is 3.84. The Morgan fingerprint density at radius 1 is 1.38 bits per heavy atom. The smallest absolute Gasteiger partial charge is 0.156 e. The molecule has 3 rings (SSSR count). The first-order chi connectivity index (χ1) is 10.1. The number of hydrogen-bond acceptors (Lipinski definition) is 3. The third kappa shape index (κ3) is 2.37. The lowest BCUT2D eigenvalue weighted by molar-refractivity contribution is 0.112. The van der Waals surface area contributed by atoms with E-state index in [-0.39, 0.29) is 6.04 Å². The number of hydrogen-bond donors (Lipinski definition) is 0. The van der Waals surface area contributed by atoms with Gasteiger partial charge in [0, 0.05) is 17.6 Å². The molecule has 0 aliphatic heterocycles. The van der Waals surface area contributed by atoms with Crippen LogP contribution in [0.2, 0.25) is 0 Å². The number of aldehydes is 1. The zero-order valence-corrected chi connectivity index (χ0v) is 12.5. The van der Waals surface area contributed by atoms with Gasteiger partial charge in [0.1, 0.15) is 11.3 Å². The largest absolute Gasteiger partial charge is 0.454 e. The molecule has 108 valence electrons. The molecule has 0 aliphatic rings. The number of carbonyl (C=O) groups excluding carboxylic acids is 1. The Morgan fingerprint density at radius 3 is 2.90 bits per heavy atom. The molecule has 4 nitrogen and oxygen atoms in total. The highest BCUT2D eigenvalue weighted by molar-refractivity contribution is 5.88. The topological polar surface area (TPSA) is 48.0 Å². The summed E-state index contributed by atoms with van der Waals surface area (Å²) < 4.78 is 7.70. The summed E-state index contributed by atoms with van der Waals surface area (Å²) in [5, 5.41) is 5.55. The van der Waals surface area contributed by atoms with Crippen LogP contribution in [0.25, 0.3) is 22.4 Å². The number of nitrogens with zero attached hydrogens (tertiary/aromatic N) is 2. The fourth-order valence-electron chi connectivity index (χ4n) is 2.35. The van der Waals surface area contributed by atoms with Gasteiger partial charge in [-0.05, 0) is 38.0 Å². The first kappa shape index (κ1) is 13.6. The van der Waals surface area contributed by atoms with Crippen LogP contribution in [0.5, 0.6) is 0 Å². The van der Waals surface area contributed by atoms with Gasteiger partial charge in [-0.1, -0.05) is 19.1 Å². The van der Waals surface area contributed by atoms with Crippen LogP contribution in [0.1, 0.15) is 42.2 Å². The SMILES string of the molecule is CCC(C)n1cc(C=O)c(-c2cc3ccc(C)cc3o2)n1. The highest BCUT2D eigenvalue weighted by Crippen LogP contribution is 2.30. The zero-order chi connectivity index (χ0) is 15.0. The quantitative estimate of drug-likeness (QED) is 0.667. The molecule has 4 heteroatoms. The molecule has 0 N–H and O–H groups in total. The summed E-state index contributed by atoms with van der Waals surface area (Å²) in [5.41, 5.74) is 3.13. The highest BCUT2D eigenvalue weighted by atomic mass is 16.3. The fraction of sp³-hybridized carbons (Fsp3) is 0.294. The minimum Gasteiger partial charge on any atom is -0.454 e. The molecule has 0 aliphatic carbocycles. The lowest BCUT2D eigenvalue weighted by Gasteiger charge is -2.07. The van der Waals surface area contributed by atoms with Crippen molar-refractivity contribution in [1.82, 2.24) is 9.78 Å². The Labute approximate surface area is 123 Å². The van der Waals surface area contributed by atoms with Crippen molar-refractivity contribution in [2.24, 2.45) is 0 Å². The van der Waals surface area contributed by atoms with Gasteiger partial charge in [0.15, 0.2) is 12.0 Å². The van der Waals surface area contributed by atoms with E-state index in [9.17, 15) is 4.79 Å². The second kappa shape index (κ2) is 5.20. The van der Waals surface area contributed by atoms with Crippen molar-refractivity contribution in [1.29, 1.82) is 0 Å². The number of furan rings is 1. The summed E-state index contributed by atoms with van der Waals surface area (Å²) in [6.45, 7) is 6.19. The van der Waals surface area contributed by atoms with Crippen LogP contribution in [-0.2, 0) is 0 Å². The Kier molecular flexibility index (Phi) is 3.37. The molecule has 2 heterocycles. The van der Waals surface area contributed by atoms with Gasteiger partial charge in [-0.2, -0.15) is 5.10 Å². The maximum absolute atomic E-state index is 11.3. The van der Waals surface area contributed by atoms with Crippen molar-refractivity contribution < 1.29 is 9.21 Å². The predicted molar refractivity (Wildman–Crippen MR) is 82.6 cm³/mol. The van der Waals surface area contributed by atoms with E-state index in [0.29, 0.717) is 17.0 Å². The first-order valence-electron chi connectivity index (χ1n) is 7.17. The molecular weight excluding hydrogens is 264 g/mol. The molecule has 1 unspecified atom stereocenters. The van der Waals surface area contributed by atoms with Crippen LogP contribution in [0.4, 0.5) is 0 Å². The monoisotopic (exact) mass is 282 g/mol. The van der Waals surface area contributed by atoms with Crippen LogP contribution in [-0.4, -0.2) is 16.1 Å². The van der Waals surface area contributed by atoms with E-state index in [1.165, 1.54) is 0 Å². The molecule has 1 aromatic carbocycles. The lowest BCUT2D eigenvalue weighted by atomic mass is 10.2. The van der Waals surface area contributed by atoms with Crippen LogP contribution >= 0.6 is 0 Å². The molecule has 0 radical (unpaired) electrons. The van der Waals surface area contributed by atoms with Crippen molar-refractivity contribution >= 4 is 17.3 Å². The molecule has 0 bridgehead atoms. The Balaban J connectivity index is 2.12. The van der Waals surface area contributed by atoms with Crippen LogP contribution in [0.15, 0.2) is 34.9 Å². The molecule has 0 amide bonds. The first-order valence-corrected chi connectivity index (χ1v) is 7.17. The van der Waals surface area contributed by atoms with Gasteiger partial charge in [-0.3, -0.25) is 9.48 Å². The highest BCUT2D eigenvalue weighted by Gasteiger charge is 2.17. The van der Waals surface area contributed by atoms with Gasteiger partial charge in [0.2, 0.25) is 0 Å². The van der Waals surface area contributed by atoms with Crippen LogP contribution in [0, 0.1) is 6.92 Å². The molecule has 0 saturated heterocycles. The molecule has 3 aromatic rings. The third-order valence-electron chi connectivity index (χ3n) is 3.84. The van der Waals surface area contributed by atoms with Crippen molar-refractivity contribution in [2.45, 2.75) is 33.2 Å². The summed E-state index contributed by atoms with van der Waals surface area (Å²) in [4.78, 5) is 11.3.